The zero-order valence-corrected chi connectivity index (χ0v) is 10.1. The van der Waals surface area contributed by atoms with Gasteiger partial charge in [-0.3, -0.25) is 9.63 Å². The minimum atomic E-state index is -0.733. The maximum Gasteiger partial charge on any atom is 0.206 e. The molecular weight excluding hydrogens is 212 g/mol. The molecule has 0 amide bonds. The molecule has 0 aromatic carbocycles. The van der Waals surface area contributed by atoms with Crippen LogP contribution in [0.15, 0.2) is 4.99 Å². The Bertz CT molecular complexity index is 252. The van der Waals surface area contributed by atoms with Crippen molar-refractivity contribution in [1.29, 1.82) is 0 Å². The maximum absolute atomic E-state index is 10.9. The Hall–Kier alpha value is -0.620. The van der Waals surface area contributed by atoms with Crippen LogP contribution in [0.2, 0.25) is 0 Å². The Kier molecular flexibility index (Phi) is 5.04. The van der Waals surface area contributed by atoms with E-state index in [2.05, 4.69) is 15.7 Å². The molecule has 4 N–H and O–H groups in total. The molecule has 15 heavy (non-hydrogen) atoms. The average molecular weight is 232 g/mol. The van der Waals surface area contributed by atoms with Crippen molar-refractivity contribution >= 4 is 16.8 Å². The van der Waals surface area contributed by atoms with Crippen LogP contribution in [-0.4, -0.2) is 34.3 Å². The lowest BCUT2D eigenvalue weighted by atomic mass is 10.3. The van der Waals surface area contributed by atoms with Crippen LogP contribution in [0.1, 0.15) is 26.2 Å². The standard InChI is InChI=1S/C9H20N4OS/c1-7(5-6-15(2)14)11-9(13-10)12-8-3-4-8/h7-8H,3-6,10H2,1-2H3,(H2,11,12,13). The van der Waals surface area contributed by atoms with Gasteiger partial charge in [-0.15, -0.1) is 0 Å². The van der Waals surface area contributed by atoms with Crippen molar-refractivity contribution in [3.8, 4) is 0 Å². The van der Waals surface area contributed by atoms with Crippen molar-refractivity contribution < 1.29 is 4.21 Å². The van der Waals surface area contributed by atoms with Crippen molar-refractivity contribution in [2.75, 3.05) is 12.0 Å². The van der Waals surface area contributed by atoms with Gasteiger partial charge in [0, 0.05) is 28.9 Å². The van der Waals surface area contributed by atoms with Gasteiger partial charge in [-0.1, -0.05) is 0 Å². The molecule has 1 aliphatic rings. The van der Waals surface area contributed by atoms with E-state index in [0.29, 0.717) is 17.8 Å². The Balaban J connectivity index is 2.27. The van der Waals surface area contributed by atoms with E-state index in [-0.39, 0.29) is 6.04 Å². The SMILES string of the molecule is CC(CCS(C)=O)NC(=NC1CC1)NN. The second-order valence-corrected chi connectivity index (χ2v) is 5.52. The summed E-state index contributed by atoms with van der Waals surface area (Å²) >= 11 is 0. The molecule has 0 radical (unpaired) electrons. The summed E-state index contributed by atoms with van der Waals surface area (Å²) in [7, 11) is -0.733. The second kappa shape index (κ2) is 6.07. The van der Waals surface area contributed by atoms with Gasteiger partial charge in [0.15, 0.2) is 0 Å². The third kappa shape index (κ3) is 5.74. The van der Waals surface area contributed by atoms with Gasteiger partial charge in [-0.2, -0.15) is 0 Å². The van der Waals surface area contributed by atoms with E-state index >= 15 is 0 Å². The van der Waals surface area contributed by atoms with Crippen LogP contribution in [-0.2, 0) is 10.8 Å². The van der Waals surface area contributed by atoms with Crippen molar-refractivity contribution in [2.24, 2.45) is 10.8 Å². The molecule has 0 heterocycles. The number of hydrogen-bond acceptors (Lipinski definition) is 3. The summed E-state index contributed by atoms with van der Waals surface area (Å²) in [6.45, 7) is 2.03. The van der Waals surface area contributed by atoms with E-state index in [9.17, 15) is 4.21 Å². The molecule has 1 saturated carbocycles. The maximum atomic E-state index is 10.9. The Morgan fingerprint density at radius 2 is 2.33 bits per heavy atom. The molecular formula is C9H20N4OS. The fraction of sp³-hybridized carbons (Fsp3) is 0.889. The van der Waals surface area contributed by atoms with Gasteiger partial charge >= 0.3 is 0 Å². The number of nitrogens with two attached hydrogens (primary N) is 1. The van der Waals surface area contributed by atoms with Gasteiger partial charge in [0.25, 0.3) is 0 Å². The lowest BCUT2D eigenvalue weighted by Gasteiger charge is -2.15. The van der Waals surface area contributed by atoms with E-state index in [4.69, 9.17) is 5.84 Å². The summed E-state index contributed by atoms with van der Waals surface area (Å²) in [6, 6.07) is 0.679. The molecule has 0 spiro atoms. The van der Waals surface area contributed by atoms with Crippen LogP contribution in [0.4, 0.5) is 0 Å². The molecule has 0 aromatic rings. The monoisotopic (exact) mass is 232 g/mol. The number of guanidine groups is 1. The van der Waals surface area contributed by atoms with Crippen LogP contribution >= 0.6 is 0 Å². The number of hydrazine groups is 1. The van der Waals surface area contributed by atoms with Crippen LogP contribution in [0.25, 0.3) is 0 Å². The first-order valence-corrected chi connectivity index (χ1v) is 6.95. The summed E-state index contributed by atoms with van der Waals surface area (Å²) in [5.41, 5.74) is 2.55. The molecule has 2 unspecified atom stereocenters. The smallest absolute Gasteiger partial charge is 0.206 e. The molecule has 6 heteroatoms. The van der Waals surface area contributed by atoms with Gasteiger partial charge in [0.1, 0.15) is 0 Å². The van der Waals surface area contributed by atoms with Gasteiger partial charge in [-0.25, -0.2) is 10.8 Å². The summed E-state index contributed by atoms with van der Waals surface area (Å²) in [6.07, 6.45) is 4.88. The lowest BCUT2D eigenvalue weighted by Crippen LogP contribution is -2.46. The quantitative estimate of drug-likeness (QED) is 0.263. The summed E-state index contributed by atoms with van der Waals surface area (Å²) in [5.74, 6) is 6.70. The number of nitrogens with zero attached hydrogens (tertiary/aromatic N) is 1. The molecule has 5 nitrogen and oxygen atoms in total. The molecule has 2 atom stereocenters. The minimum absolute atomic E-state index is 0.238. The van der Waals surface area contributed by atoms with Crippen molar-refractivity contribution in [1.82, 2.24) is 10.7 Å². The first kappa shape index (κ1) is 12.4. The van der Waals surface area contributed by atoms with E-state index in [0.717, 1.165) is 19.3 Å². The van der Waals surface area contributed by atoms with Crippen LogP contribution < -0.4 is 16.6 Å². The topological polar surface area (TPSA) is 79.5 Å². The first-order valence-electron chi connectivity index (χ1n) is 5.22. The van der Waals surface area contributed by atoms with Crippen molar-refractivity contribution in [2.45, 2.75) is 38.3 Å². The van der Waals surface area contributed by atoms with E-state index in [1.807, 2.05) is 6.92 Å². The van der Waals surface area contributed by atoms with Gasteiger partial charge in [0.05, 0.1) is 6.04 Å². The highest BCUT2D eigenvalue weighted by Gasteiger charge is 2.21. The van der Waals surface area contributed by atoms with Gasteiger partial charge in [-0.05, 0) is 26.2 Å². The van der Waals surface area contributed by atoms with Crippen LogP contribution in [0, 0.1) is 0 Å². The fourth-order valence-electron chi connectivity index (χ4n) is 1.15. The van der Waals surface area contributed by atoms with Gasteiger partial charge in [0.2, 0.25) is 5.96 Å². The molecule has 0 aromatic heterocycles. The van der Waals surface area contributed by atoms with E-state index in [1.54, 1.807) is 6.26 Å². The van der Waals surface area contributed by atoms with Crippen molar-refractivity contribution in [3.05, 3.63) is 0 Å². The highest BCUT2D eigenvalue weighted by atomic mass is 32.2. The number of aliphatic imine (C=N–C) groups is 1. The zero-order valence-electron chi connectivity index (χ0n) is 9.32. The molecule has 1 fully saturated rings. The minimum Gasteiger partial charge on any atom is -0.353 e. The number of nitrogens with one attached hydrogen (secondary N) is 2. The molecule has 0 bridgehead atoms. The average Bonchev–Trinajstić information content (AvgIpc) is 2.97. The Morgan fingerprint density at radius 3 is 2.80 bits per heavy atom. The predicted molar refractivity (Wildman–Crippen MR) is 63.9 cm³/mol. The van der Waals surface area contributed by atoms with E-state index in [1.165, 1.54) is 0 Å². The zero-order chi connectivity index (χ0) is 11.3. The largest absolute Gasteiger partial charge is 0.353 e. The summed E-state index contributed by atoms with van der Waals surface area (Å²) in [4.78, 5) is 4.37. The Morgan fingerprint density at radius 1 is 1.67 bits per heavy atom. The highest BCUT2D eigenvalue weighted by Crippen LogP contribution is 2.23. The first-order chi connectivity index (χ1) is 7.11. The summed E-state index contributed by atoms with van der Waals surface area (Å²) in [5, 5.41) is 3.17. The molecule has 0 aliphatic heterocycles. The third-order valence-electron chi connectivity index (χ3n) is 2.22. The fourth-order valence-corrected chi connectivity index (χ4v) is 1.84. The second-order valence-electron chi connectivity index (χ2n) is 3.96. The van der Waals surface area contributed by atoms with Gasteiger partial charge < -0.3 is 5.32 Å². The Labute approximate surface area is 93.3 Å². The number of rotatable bonds is 5. The normalized spacial score (nSPS) is 20.9. The van der Waals surface area contributed by atoms with Crippen LogP contribution in [0.3, 0.4) is 0 Å². The highest BCUT2D eigenvalue weighted by molar-refractivity contribution is 7.84. The number of hydrogen-bond donors (Lipinski definition) is 3. The van der Waals surface area contributed by atoms with E-state index < -0.39 is 10.8 Å². The third-order valence-corrected chi connectivity index (χ3v) is 3.03. The summed E-state index contributed by atoms with van der Waals surface area (Å²) < 4.78 is 10.9. The van der Waals surface area contributed by atoms with Crippen molar-refractivity contribution in [3.63, 3.8) is 0 Å². The predicted octanol–water partition coefficient (Wildman–Crippen LogP) is -0.285. The van der Waals surface area contributed by atoms with Crippen LogP contribution in [0.5, 0.6) is 0 Å². The lowest BCUT2D eigenvalue weighted by molar-refractivity contribution is 0.620. The molecule has 1 aliphatic carbocycles. The molecule has 1 rings (SSSR count). The molecule has 0 saturated heterocycles. The molecule has 88 valence electrons.